The van der Waals surface area contributed by atoms with Gasteiger partial charge < -0.3 is 10.1 Å². The molecular weight excluding hydrogens is 296 g/mol. The SMILES string of the molecule is COc1cccc(CCC(=O)Nc2ccc(C(=O)NO)cc2)c1. The minimum atomic E-state index is -0.596. The van der Waals surface area contributed by atoms with Crippen molar-refractivity contribution in [2.75, 3.05) is 12.4 Å². The van der Waals surface area contributed by atoms with E-state index in [2.05, 4.69) is 5.32 Å². The van der Waals surface area contributed by atoms with E-state index in [0.717, 1.165) is 11.3 Å². The maximum absolute atomic E-state index is 12.0. The van der Waals surface area contributed by atoms with E-state index in [1.165, 1.54) is 12.1 Å². The molecule has 3 N–H and O–H groups in total. The number of hydroxylamine groups is 1. The predicted molar refractivity (Wildman–Crippen MR) is 85.6 cm³/mol. The van der Waals surface area contributed by atoms with Crippen molar-refractivity contribution >= 4 is 17.5 Å². The highest BCUT2D eigenvalue weighted by Gasteiger charge is 2.06. The van der Waals surface area contributed by atoms with Crippen LogP contribution in [-0.2, 0) is 11.2 Å². The average molecular weight is 314 g/mol. The molecule has 2 amide bonds. The van der Waals surface area contributed by atoms with Gasteiger partial charge in [-0.05, 0) is 48.4 Å². The third-order valence-electron chi connectivity index (χ3n) is 3.31. The van der Waals surface area contributed by atoms with E-state index in [0.29, 0.717) is 24.1 Å². The molecule has 2 rings (SSSR count). The third kappa shape index (κ3) is 4.82. The Kier molecular flexibility index (Phi) is 5.71. The lowest BCUT2D eigenvalue weighted by Gasteiger charge is -2.07. The first-order chi connectivity index (χ1) is 11.1. The molecule has 0 aliphatic carbocycles. The first-order valence-corrected chi connectivity index (χ1v) is 7.09. The fourth-order valence-corrected chi connectivity index (χ4v) is 2.08. The van der Waals surface area contributed by atoms with Crippen LogP contribution in [0.25, 0.3) is 0 Å². The molecule has 0 aliphatic heterocycles. The molecule has 2 aromatic rings. The molecule has 0 aliphatic rings. The normalized spacial score (nSPS) is 10.0. The molecule has 0 spiro atoms. The van der Waals surface area contributed by atoms with Crippen LogP contribution in [0.1, 0.15) is 22.3 Å². The molecule has 0 heterocycles. The summed E-state index contributed by atoms with van der Waals surface area (Å²) in [7, 11) is 1.60. The van der Waals surface area contributed by atoms with E-state index in [4.69, 9.17) is 9.94 Å². The molecule has 6 nitrogen and oxygen atoms in total. The van der Waals surface area contributed by atoms with Crippen molar-refractivity contribution in [1.82, 2.24) is 5.48 Å². The Morgan fingerprint density at radius 1 is 1.13 bits per heavy atom. The van der Waals surface area contributed by atoms with Gasteiger partial charge in [-0.1, -0.05) is 12.1 Å². The van der Waals surface area contributed by atoms with Crippen molar-refractivity contribution in [1.29, 1.82) is 0 Å². The first kappa shape index (κ1) is 16.5. The van der Waals surface area contributed by atoms with E-state index in [1.54, 1.807) is 24.7 Å². The largest absolute Gasteiger partial charge is 0.497 e. The number of aryl methyl sites for hydroxylation is 1. The summed E-state index contributed by atoms with van der Waals surface area (Å²) >= 11 is 0. The van der Waals surface area contributed by atoms with Gasteiger partial charge >= 0.3 is 0 Å². The molecule has 0 unspecified atom stereocenters. The topological polar surface area (TPSA) is 87.7 Å². The van der Waals surface area contributed by atoms with Gasteiger partial charge in [0.2, 0.25) is 5.91 Å². The number of hydrogen-bond acceptors (Lipinski definition) is 4. The molecule has 0 aromatic heterocycles. The zero-order valence-corrected chi connectivity index (χ0v) is 12.7. The van der Waals surface area contributed by atoms with Gasteiger partial charge in [0.25, 0.3) is 5.91 Å². The second-order valence-electron chi connectivity index (χ2n) is 4.92. The average Bonchev–Trinajstić information content (AvgIpc) is 2.60. The van der Waals surface area contributed by atoms with E-state index in [9.17, 15) is 9.59 Å². The fraction of sp³-hybridized carbons (Fsp3) is 0.176. The Balaban J connectivity index is 1.88. The van der Waals surface area contributed by atoms with E-state index >= 15 is 0 Å². The lowest BCUT2D eigenvalue weighted by atomic mass is 10.1. The molecule has 23 heavy (non-hydrogen) atoms. The number of hydrogen-bond donors (Lipinski definition) is 3. The zero-order chi connectivity index (χ0) is 16.7. The van der Waals surface area contributed by atoms with Gasteiger partial charge in [-0.15, -0.1) is 0 Å². The Labute approximate surface area is 134 Å². The van der Waals surface area contributed by atoms with Crippen molar-refractivity contribution in [2.24, 2.45) is 0 Å². The van der Waals surface area contributed by atoms with Crippen LogP contribution in [0.4, 0.5) is 5.69 Å². The lowest BCUT2D eigenvalue weighted by Crippen LogP contribution is -2.18. The predicted octanol–water partition coefficient (Wildman–Crippen LogP) is 2.39. The number of rotatable bonds is 6. The van der Waals surface area contributed by atoms with Gasteiger partial charge in [0.05, 0.1) is 7.11 Å². The van der Waals surface area contributed by atoms with Gasteiger partial charge in [-0.2, -0.15) is 0 Å². The van der Waals surface area contributed by atoms with Crippen molar-refractivity contribution in [3.63, 3.8) is 0 Å². The highest BCUT2D eigenvalue weighted by molar-refractivity contribution is 5.95. The maximum Gasteiger partial charge on any atom is 0.274 e. The summed E-state index contributed by atoms with van der Waals surface area (Å²) in [5.41, 5.74) is 3.48. The van der Waals surface area contributed by atoms with Crippen LogP contribution >= 0.6 is 0 Å². The monoisotopic (exact) mass is 314 g/mol. The standard InChI is InChI=1S/C17H18N2O4/c1-23-15-4-2-3-12(11-15)5-10-16(20)18-14-8-6-13(7-9-14)17(21)19-22/h2-4,6-9,11,22H,5,10H2,1H3,(H,18,20)(H,19,21). The van der Waals surface area contributed by atoms with Crippen molar-refractivity contribution in [3.8, 4) is 5.75 Å². The molecular formula is C17H18N2O4. The molecule has 0 radical (unpaired) electrons. The highest BCUT2D eigenvalue weighted by Crippen LogP contribution is 2.15. The van der Waals surface area contributed by atoms with Crippen LogP contribution < -0.4 is 15.5 Å². The van der Waals surface area contributed by atoms with Gasteiger partial charge in [-0.25, -0.2) is 5.48 Å². The number of nitrogens with one attached hydrogen (secondary N) is 2. The summed E-state index contributed by atoms with van der Waals surface area (Å²) in [4.78, 5) is 23.2. The summed E-state index contributed by atoms with van der Waals surface area (Å²) in [5.74, 6) is 0.0498. The summed E-state index contributed by atoms with van der Waals surface area (Å²) in [5, 5.41) is 11.3. The summed E-state index contributed by atoms with van der Waals surface area (Å²) in [6.07, 6.45) is 0.945. The number of amides is 2. The van der Waals surface area contributed by atoms with Gasteiger partial charge in [0.1, 0.15) is 5.75 Å². The molecule has 6 heteroatoms. The quantitative estimate of drug-likeness (QED) is 0.564. The minimum Gasteiger partial charge on any atom is -0.497 e. The Bertz CT molecular complexity index is 683. The van der Waals surface area contributed by atoms with Crippen LogP contribution in [-0.4, -0.2) is 24.1 Å². The summed E-state index contributed by atoms with van der Waals surface area (Å²) < 4.78 is 5.15. The molecule has 0 saturated heterocycles. The van der Waals surface area contributed by atoms with Crippen LogP contribution in [0.3, 0.4) is 0 Å². The van der Waals surface area contributed by atoms with Crippen molar-refractivity contribution < 1.29 is 19.5 Å². The lowest BCUT2D eigenvalue weighted by molar-refractivity contribution is -0.116. The van der Waals surface area contributed by atoms with Gasteiger partial charge in [0.15, 0.2) is 0 Å². The first-order valence-electron chi connectivity index (χ1n) is 7.09. The molecule has 0 fully saturated rings. The summed E-state index contributed by atoms with van der Waals surface area (Å²) in [6.45, 7) is 0. The van der Waals surface area contributed by atoms with Crippen LogP contribution in [0.15, 0.2) is 48.5 Å². The molecule has 0 bridgehead atoms. The number of ether oxygens (including phenoxy) is 1. The molecule has 0 atom stereocenters. The summed E-state index contributed by atoms with van der Waals surface area (Å²) in [6, 6.07) is 13.8. The fourth-order valence-electron chi connectivity index (χ4n) is 2.08. The number of benzene rings is 2. The van der Waals surface area contributed by atoms with E-state index in [-0.39, 0.29) is 5.91 Å². The Morgan fingerprint density at radius 3 is 2.52 bits per heavy atom. The second-order valence-corrected chi connectivity index (χ2v) is 4.92. The van der Waals surface area contributed by atoms with Crippen LogP contribution in [0, 0.1) is 0 Å². The van der Waals surface area contributed by atoms with Crippen LogP contribution in [0.2, 0.25) is 0 Å². The van der Waals surface area contributed by atoms with Crippen LogP contribution in [0.5, 0.6) is 5.75 Å². The smallest absolute Gasteiger partial charge is 0.274 e. The van der Waals surface area contributed by atoms with Crippen molar-refractivity contribution in [3.05, 3.63) is 59.7 Å². The maximum atomic E-state index is 12.0. The zero-order valence-electron chi connectivity index (χ0n) is 12.7. The molecule has 2 aromatic carbocycles. The number of anilines is 1. The minimum absolute atomic E-state index is 0.118. The molecule has 0 saturated carbocycles. The number of carbonyl (C=O) groups is 2. The van der Waals surface area contributed by atoms with Crippen molar-refractivity contribution in [2.45, 2.75) is 12.8 Å². The third-order valence-corrected chi connectivity index (χ3v) is 3.31. The van der Waals surface area contributed by atoms with E-state index < -0.39 is 5.91 Å². The molecule has 120 valence electrons. The number of carbonyl (C=O) groups excluding carboxylic acids is 2. The van der Waals surface area contributed by atoms with Gasteiger partial charge in [0, 0.05) is 17.7 Å². The highest BCUT2D eigenvalue weighted by atomic mass is 16.5. The van der Waals surface area contributed by atoms with E-state index in [1.807, 2.05) is 24.3 Å². The number of methoxy groups -OCH3 is 1. The van der Waals surface area contributed by atoms with Gasteiger partial charge in [-0.3, -0.25) is 14.8 Å². The Hall–Kier alpha value is -2.86. The second kappa shape index (κ2) is 7.95. The Morgan fingerprint density at radius 2 is 1.87 bits per heavy atom.